The summed E-state index contributed by atoms with van der Waals surface area (Å²) in [6, 6.07) is 5.63. The van der Waals surface area contributed by atoms with Crippen molar-refractivity contribution in [3.8, 4) is 0 Å². The molecule has 0 bridgehead atoms. The lowest BCUT2D eigenvalue weighted by molar-refractivity contribution is 0.865. The van der Waals surface area contributed by atoms with Crippen molar-refractivity contribution in [1.29, 1.82) is 0 Å². The summed E-state index contributed by atoms with van der Waals surface area (Å²) in [7, 11) is 0. The van der Waals surface area contributed by atoms with Gasteiger partial charge in [-0.15, -0.1) is 0 Å². The van der Waals surface area contributed by atoms with Crippen LogP contribution in [0.15, 0.2) is 39.1 Å². The average Bonchev–Trinajstić information content (AvgIpc) is 3.15. The van der Waals surface area contributed by atoms with Gasteiger partial charge in [0.1, 0.15) is 20.5 Å². The molecule has 0 aromatic carbocycles. The summed E-state index contributed by atoms with van der Waals surface area (Å²) in [4.78, 5) is 13.2. The van der Waals surface area contributed by atoms with Crippen LogP contribution >= 0.6 is 39.3 Å². The molecule has 0 amide bonds. The quantitative estimate of drug-likeness (QED) is 0.779. The Balaban J connectivity index is 1.85. The molecular weight excluding hydrogens is 334 g/mol. The monoisotopic (exact) mass is 341 g/mol. The average molecular weight is 343 g/mol. The molecule has 3 nitrogen and oxygen atoms in total. The van der Waals surface area contributed by atoms with E-state index in [1.807, 2.05) is 18.2 Å². The zero-order chi connectivity index (χ0) is 12.5. The second-order valence-corrected chi connectivity index (χ2v) is 6.37. The van der Waals surface area contributed by atoms with Crippen LogP contribution in [0.4, 0.5) is 0 Å². The smallest absolute Gasteiger partial charge is 0.134 e. The highest BCUT2D eigenvalue weighted by molar-refractivity contribution is 9.10. The Morgan fingerprint density at radius 2 is 2.06 bits per heavy atom. The number of aromatic nitrogens is 3. The number of pyridine rings is 1. The maximum absolute atomic E-state index is 5.81. The van der Waals surface area contributed by atoms with Gasteiger partial charge in [0, 0.05) is 18.2 Å². The molecule has 0 aliphatic heterocycles. The van der Waals surface area contributed by atoms with E-state index >= 15 is 0 Å². The fourth-order valence-corrected chi connectivity index (χ4v) is 2.95. The third-order valence-electron chi connectivity index (χ3n) is 2.54. The molecule has 3 rings (SSSR count). The van der Waals surface area contributed by atoms with Crippen LogP contribution in [0.25, 0.3) is 0 Å². The molecular formula is C12H9BrClN3S. The molecule has 1 saturated carbocycles. The molecule has 0 saturated heterocycles. The van der Waals surface area contributed by atoms with E-state index in [0.717, 1.165) is 20.5 Å². The van der Waals surface area contributed by atoms with E-state index in [9.17, 15) is 0 Å². The summed E-state index contributed by atoms with van der Waals surface area (Å²) in [5.74, 6) is 1.47. The van der Waals surface area contributed by atoms with Gasteiger partial charge in [-0.2, -0.15) is 0 Å². The topological polar surface area (TPSA) is 38.7 Å². The fraction of sp³-hybridized carbons (Fsp3) is 0.250. The maximum Gasteiger partial charge on any atom is 0.134 e. The van der Waals surface area contributed by atoms with Crippen molar-refractivity contribution < 1.29 is 0 Å². The lowest BCUT2D eigenvalue weighted by atomic mass is 10.4. The molecule has 0 spiro atoms. The lowest BCUT2D eigenvalue weighted by Gasteiger charge is -2.03. The molecule has 2 aromatic heterocycles. The van der Waals surface area contributed by atoms with Gasteiger partial charge in [-0.25, -0.2) is 15.0 Å². The lowest BCUT2D eigenvalue weighted by Crippen LogP contribution is -1.94. The summed E-state index contributed by atoms with van der Waals surface area (Å²) in [6.07, 6.45) is 4.03. The van der Waals surface area contributed by atoms with Gasteiger partial charge < -0.3 is 0 Å². The molecule has 1 fully saturated rings. The minimum atomic E-state index is 0.542. The van der Waals surface area contributed by atoms with E-state index in [-0.39, 0.29) is 0 Å². The highest BCUT2D eigenvalue weighted by Crippen LogP contribution is 2.39. The Labute approximate surface area is 123 Å². The minimum absolute atomic E-state index is 0.542. The molecule has 0 atom stereocenters. The predicted molar refractivity (Wildman–Crippen MR) is 75.1 cm³/mol. The van der Waals surface area contributed by atoms with Crippen LogP contribution < -0.4 is 0 Å². The third-order valence-corrected chi connectivity index (χ3v) is 4.04. The first kappa shape index (κ1) is 12.4. The Morgan fingerprint density at radius 3 is 2.72 bits per heavy atom. The van der Waals surface area contributed by atoms with Gasteiger partial charge in [-0.05, 0) is 52.7 Å². The summed E-state index contributed by atoms with van der Waals surface area (Å²) in [5, 5.41) is 2.43. The van der Waals surface area contributed by atoms with Crippen molar-refractivity contribution in [2.24, 2.45) is 0 Å². The van der Waals surface area contributed by atoms with E-state index in [1.54, 1.807) is 6.20 Å². The Morgan fingerprint density at radius 1 is 1.22 bits per heavy atom. The van der Waals surface area contributed by atoms with Crippen LogP contribution in [0.3, 0.4) is 0 Å². The molecule has 1 aliphatic carbocycles. The normalized spacial score (nSPS) is 14.8. The van der Waals surface area contributed by atoms with Gasteiger partial charge in [0.25, 0.3) is 0 Å². The molecule has 92 valence electrons. The third kappa shape index (κ3) is 3.02. The second kappa shape index (κ2) is 5.15. The fourth-order valence-electron chi connectivity index (χ4n) is 1.52. The summed E-state index contributed by atoms with van der Waals surface area (Å²) in [6.45, 7) is 0. The number of rotatable bonds is 3. The number of hydrogen-bond donors (Lipinski definition) is 0. The zero-order valence-electron chi connectivity index (χ0n) is 9.31. The van der Waals surface area contributed by atoms with Gasteiger partial charge in [0.15, 0.2) is 0 Å². The van der Waals surface area contributed by atoms with E-state index in [1.165, 1.54) is 24.6 Å². The standard InChI is InChI=1S/C12H9BrClN3S/c13-9-5-11(17-12(16-9)7-1-2-7)18-10-4-3-8(14)6-15-10/h3-7H,1-2H2. The Kier molecular flexibility index (Phi) is 3.54. The van der Waals surface area contributed by atoms with Gasteiger partial charge >= 0.3 is 0 Å². The second-order valence-electron chi connectivity index (χ2n) is 4.08. The molecule has 1 aliphatic rings. The number of hydrogen-bond acceptors (Lipinski definition) is 4. The first-order valence-electron chi connectivity index (χ1n) is 5.54. The van der Waals surface area contributed by atoms with Crippen molar-refractivity contribution in [2.45, 2.75) is 28.8 Å². The minimum Gasteiger partial charge on any atom is -0.248 e. The van der Waals surface area contributed by atoms with E-state index < -0.39 is 0 Å². The van der Waals surface area contributed by atoms with Crippen molar-refractivity contribution in [2.75, 3.05) is 0 Å². The van der Waals surface area contributed by atoms with E-state index in [0.29, 0.717) is 10.9 Å². The summed E-state index contributed by atoms with van der Waals surface area (Å²) < 4.78 is 0.830. The number of halogens is 2. The van der Waals surface area contributed by atoms with E-state index in [4.69, 9.17) is 11.6 Å². The van der Waals surface area contributed by atoms with Gasteiger partial charge in [-0.3, -0.25) is 0 Å². The molecule has 0 N–H and O–H groups in total. The molecule has 0 unspecified atom stereocenters. The zero-order valence-corrected chi connectivity index (χ0v) is 12.5. The van der Waals surface area contributed by atoms with Crippen LogP contribution in [-0.2, 0) is 0 Å². The SMILES string of the molecule is Clc1ccc(Sc2cc(Br)nc(C3CC3)n2)nc1. The van der Waals surface area contributed by atoms with Crippen LogP contribution in [0.2, 0.25) is 5.02 Å². The highest BCUT2D eigenvalue weighted by atomic mass is 79.9. The summed E-state index contributed by atoms with van der Waals surface area (Å²) in [5.41, 5.74) is 0. The number of nitrogens with zero attached hydrogens (tertiary/aromatic N) is 3. The molecule has 0 radical (unpaired) electrons. The van der Waals surface area contributed by atoms with Crippen molar-refractivity contribution in [1.82, 2.24) is 15.0 Å². The first-order valence-corrected chi connectivity index (χ1v) is 7.53. The van der Waals surface area contributed by atoms with Gasteiger partial charge in [0.2, 0.25) is 0 Å². The molecule has 2 aromatic rings. The summed E-state index contributed by atoms with van der Waals surface area (Å²) >= 11 is 10.8. The van der Waals surface area contributed by atoms with Crippen molar-refractivity contribution >= 4 is 39.3 Å². The van der Waals surface area contributed by atoms with Crippen LogP contribution in [0.1, 0.15) is 24.6 Å². The molecule has 18 heavy (non-hydrogen) atoms. The Hall–Kier alpha value is -0.650. The van der Waals surface area contributed by atoms with Crippen molar-refractivity contribution in [3.05, 3.63) is 39.8 Å². The van der Waals surface area contributed by atoms with Crippen LogP contribution in [0.5, 0.6) is 0 Å². The van der Waals surface area contributed by atoms with Crippen LogP contribution in [-0.4, -0.2) is 15.0 Å². The van der Waals surface area contributed by atoms with Crippen LogP contribution in [0, 0.1) is 0 Å². The molecule has 6 heteroatoms. The van der Waals surface area contributed by atoms with Gasteiger partial charge in [-0.1, -0.05) is 11.6 Å². The maximum atomic E-state index is 5.81. The predicted octanol–water partition coefficient (Wildman–Crippen LogP) is 4.32. The highest BCUT2D eigenvalue weighted by Gasteiger charge is 2.27. The molecule has 2 heterocycles. The first-order chi connectivity index (χ1) is 8.70. The Bertz CT molecular complexity index is 572. The van der Waals surface area contributed by atoms with Crippen molar-refractivity contribution in [3.63, 3.8) is 0 Å². The van der Waals surface area contributed by atoms with Gasteiger partial charge in [0.05, 0.1) is 5.02 Å². The van der Waals surface area contributed by atoms with E-state index in [2.05, 4.69) is 30.9 Å². The largest absolute Gasteiger partial charge is 0.248 e.